The Bertz CT molecular complexity index is 848. The molecule has 1 saturated heterocycles. The topological polar surface area (TPSA) is 63.7 Å². The number of rotatable bonds is 4. The number of anilines is 1. The van der Waals surface area contributed by atoms with Gasteiger partial charge in [0.1, 0.15) is 11.6 Å². The van der Waals surface area contributed by atoms with Crippen LogP contribution in [-0.4, -0.2) is 42.3 Å². The van der Waals surface area contributed by atoms with E-state index in [-0.39, 0.29) is 18.1 Å². The van der Waals surface area contributed by atoms with Gasteiger partial charge in [-0.25, -0.2) is 4.98 Å². The molecule has 3 atom stereocenters. The Morgan fingerprint density at radius 3 is 2.75 bits per heavy atom. The van der Waals surface area contributed by atoms with E-state index >= 15 is 0 Å². The first-order valence-corrected chi connectivity index (χ1v) is 9.94. The Hall–Kier alpha value is -2.31. The number of morpholine rings is 1. The summed E-state index contributed by atoms with van der Waals surface area (Å²) in [6.45, 7) is 6.22. The number of aromatic nitrogens is 1. The first kappa shape index (κ1) is 19.0. The van der Waals surface area contributed by atoms with Crippen LogP contribution in [0, 0.1) is 0 Å². The lowest BCUT2D eigenvalue weighted by Gasteiger charge is -2.36. The van der Waals surface area contributed by atoms with Gasteiger partial charge in [-0.15, -0.1) is 0 Å². The van der Waals surface area contributed by atoms with Crippen LogP contribution in [0.15, 0.2) is 36.5 Å². The van der Waals surface area contributed by atoms with E-state index in [1.165, 1.54) is 0 Å². The zero-order valence-corrected chi connectivity index (χ0v) is 16.8. The van der Waals surface area contributed by atoms with Gasteiger partial charge in [-0.3, -0.25) is 4.79 Å². The maximum absolute atomic E-state index is 12.4. The maximum atomic E-state index is 12.4. The van der Waals surface area contributed by atoms with Crippen LogP contribution in [-0.2, 0) is 22.5 Å². The summed E-state index contributed by atoms with van der Waals surface area (Å²) < 4.78 is 11.5. The number of ether oxygens (including phenoxy) is 2. The van der Waals surface area contributed by atoms with Gasteiger partial charge in [-0.2, -0.15) is 0 Å². The van der Waals surface area contributed by atoms with Crippen LogP contribution in [0.5, 0.6) is 5.75 Å². The predicted octanol–water partition coefficient (Wildman–Crippen LogP) is 2.97. The number of hydrogen-bond acceptors (Lipinski definition) is 5. The molecule has 1 amide bonds. The summed E-state index contributed by atoms with van der Waals surface area (Å²) >= 11 is 6.00. The molecule has 2 aromatic rings. The third kappa shape index (κ3) is 4.23. The fourth-order valence-corrected chi connectivity index (χ4v) is 3.93. The minimum absolute atomic E-state index is 0.132. The second kappa shape index (κ2) is 7.97. The Labute approximate surface area is 169 Å². The number of pyridine rings is 1. The molecule has 148 valence electrons. The van der Waals surface area contributed by atoms with Crippen LogP contribution in [0.2, 0.25) is 5.02 Å². The van der Waals surface area contributed by atoms with Gasteiger partial charge in [0.05, 0.1) is 12.2 Å². The van der Waals surface area contributed by atoms with Gasteiger partial charge in [0.25, 0.3) is 5.91 Å². The zero-order valence-electron chi connectivity index (χ0n) is 16.0. The monoisotopic (exact) mass is 401 g/mol. The molecule has 28 heavy (non-hydrogen) atoms. The molecule has 6 nitrogen and oxygen atoms in total. The third-order valence-corrected chi connectivity index (χ3v) is 5.24. The molecule has 4 rings (SSSR count). The van der Waals surface area contributed by atoms with E-state index in [4.69, 9.17) is 21.1 Å². The molecule has 1 N–H and O–H groups in total. The van der Waals surface area contributed by atoms with Crippen molar-refractivity contribution < 1.29 is 14.3 Å². The molecule has 3 heterocycles. The van der Waals surface area contributed by atoms with Crippen molar-refractivity contribution in [3.8, 4) is 5.75 Å². The lowest BCUT2D eigenvalue weighted by atomic mass is 10.1. The van der Waals surface area contributed by atoms with Crippen LogP contribution in [0.1, 0.15) is 25.0 Å². The zero-order chi connectivity index (χ0) is 19.7. The number of carbonyl (C=O) groups excluding carboxylic acids is 1. The molecule has 0 saturated carbocycles. The first-order valence-electron chi connectivity index (χ1n) is 9.56. The molecular formula is C21H24ClN3O3. The number of amides is 1. The number of hydrogen-bond donors (Lipinski definition) is 1. The Balaban J connectivity index is 1.31. The fraction of sp³-hybridized carbons (Fsp3) is 0.429. The van der Waals surface area contributed by atoms with Gasteiger partial charge in [0.2, 0.25) is 0 Å². The van der Waals surface area contributed by atoms with Crippen molar-refractivity contribution in [1.82, 2.24) is 10.3 Å². The minimum Gasteiger partial charge on any atom is -0.480 e. The van der Waals surface area contributed by atoms with Gasteiger partial charge >= 0.3 is 0 Å². The van der Waals surface area contributed by atoms with Crippen molar-refractivity contribution >= 4 is 23.3 Å². The second-order valence-electron chi connectivity index (χ2n) is 7.47. The van der Waals surface area contributed by atoms with Crippen molar-refractivity contribution in [3.63, 3.8) is 0 Å². The number of nitrogens with zero attached hydrogens (tertiary/aromatic N) is 2. The van der Waals surface area contributed by atoms with Gasteiger partial charge in [-0.1, -0.05) is 17.7 Å². The van der Waals surface area contributed by atoms with E-state index in [0.29, 0.717) is 18.0 Å². The van der Waals surface area contributed by atoms with Crippen LogP contribution in [0.4, 0.5) is 5.82 Å². The van der Waals surface area contributed by atoms with E-state index < -0.39 is 6.10 Å². The van der Waals surface area contributed by atoms with E-state index in [1.807, 2.05) is 24.4 Å². The molecule has 2 aliphatic rings. The minimum atomic E-state index is -0.517. The second-order valence-corrected chi connectivity index (χ2v) is 7.90. The smallest absolute Gasteiger partial charge is 0.261 e. The summed E-state index contributed by atoms with van der Waals surface area (Å²) in [5, 5.41) is 3.58. The normalized spacial score (nSPS) is 23.8. The molecule has 0 aliphatic carbocycles. The van der Waals surface area contributed by atoms with Crippen molar-refractivity contribution in [1.29, 1.82) is 0 Å². The molecule has 1 fully saturated rings. The summed E-state index contributed by atoms with van der Waals surface area (Å²) in [6, 6.07) is 9.42. The molecular weight excluding hydrogens is 378 g/mol. The molecule has 1 aromatic heterocycles. The van der Waals surface area contributed by atoms with Crippen LogP contribution < -0.4 is 15.0 Å². The highest BCUT2D eigenvalue weighted by molar-refractivity contribution is 6.30. The Morgan fingerprint density at radius 2 is 2.04 bits per heavy atom. The van der Waals surface area contributed by atoms with Gasteiger partial charge in [-0.05, 0) is 49.2 Å². The van der Waals surface area contributed by atoms with Crippen LogP contribution in [0.3, 0.4) is 0 Å². The Morgan fingerprint density at radius 1 is 1.25 bits per heavy atom. The first-order chi connectivity index (χ1) is 13.5. The van der Waals surface area contributed by atoms with Gasteiger partial charge in [0, 0.05) is 37.3 Å². The lowest BCUT2D eigenvalue weighted by Crippen LogP contribution is -2.45. The standard InChI is InChI=1S/C21H24ClN3O3/c1-13-11-25(12-14(2)27-13)20-6-3-15(9-23-20)10-24-21(26)19-8-16-7-17(22)4-5-18(16)28-19/h3-7,9,13-14,19H,8,10-12H2,1-2H3,(H,24,26)/t13-,14-,19-/m1/s1. The summed E-state index contributed by atoms with van der Waals surface area (Å²) in [7, 11) is 0. The number of nitrogens with one attached hydrogen (secondary N) is 1. The number of fused-ring (bicyclic) bond motifs is 1. The van der Waals surface area contributed by atoms with E-state index in [9.17, 15) is 4.79 Å². The van der Waals surface area contributed by atoms with Crippen molar-refractivity contribution in [2.45, 2.75) is 45.1 Å². The van der Waals surface area contributed by atoms with Gasteiger partial charge in [0.15, 0.2) is 6.10 Å². The van der Waals surface area contributed by atoms with E-state index in [0.717, 1.165) is 35.8 Å². The van der Waals surface area contributed by atoms with Crippen LogP contribution >= 0.6 is 11.6 Å². The lowest BCUT2D eigenvalue weighted by molar-refractivity contribution is -0.127. The Kier molecular flexibility index (Phi) is 5.42. The van der Waals surface area contributed by atoms with E-state index in [2.05, 4.69) is 29.0 Å². The molecule has 0 unspecified atom stereocenters. The summed E-state index contributed by atoms with van der Waals surface area (Å²) in [5.41, 5.74) is 1.91. The molecule has 7 heteroatoms. The largest absolute Gasteiger partial charge is 0.480 e. The number of halogens is 1. The maximum Gasteiger partial charge on any atom is 0.261 e. The van der Waals surface area contributed by atoms with Gasteiger partial charge < -0.3 is 19.7 Å². The van der Waals surface area contributed by atoms with Crippen molar-refractivity contribution in [3.05, 3.63) is 52.7 Å². The summed E-state index contributed by atoms with van der Waals surface area (Å²) in [4.78, 5) is 19.2. The van der Waals surface area contributed by atoms with Crippen molar-refractivity contribution in [2.24, 2.45) is 0 Å². The summed E-state index contributed by atoms with van der Waals surface area (Å²) in [5.74, 6) is 1.53. The quantitative estimate of drug-likeness (QED) is 0.853. The molecule has 0 spiro atoms. The molecule has 2 aliphatic heterocycles. The van der Waals surface area contributed by atoms with Crippen LogP contribution in [0.25, 0.3) is 0 Å². The number of carbonyl (C=O) groups is 1. The molecule has 0 bridgehead atoms. The highest BCUT2D eigenvalue weighted by Crippen LogP contribution is 2.31. The SMILES string of the molecule is C[C@@H]1CN(c2ccc(CNC(=O)[C@H]3Cc4cc(Cl)ccc4O3)cn2)C[C@@H](C)O1. The average Bonchev–Trinajstić information content (AvgIpc) is 3.09. The highest BCUT2D eigenvalue weighted by Gasteiger charge is 2.29. The molecule has 1 aromatic carbocycles. The summed E-state index contributed by atoms with van der Waals surface area (Å²) in [6.07, 6.45) is 2.21. The highest BCUT2D eigenvalue weighted by atomic mass is 35.5. The number of benzene rings is 1. The van der Waals surface area contributed by atoms with E-state index in [1.54, 1.807) is 12.1 Å². The fourth-order valence-electron chi connectivity index (χ4n) is 3.74. The average molecular weight is 402 g/mol. The third-order valence-electron chi connectivity index (χ3n) is 5.01. The predicted molar refractivity (Wildman–Crippen MR) is 108 cm³/mol. The van der Waals surface area contributed by atoms with Crippen molar-refractivity contribution in [2.75, 3.05) is 18.0 Å². The molecule has 0 radical (unpaired) electrons.